The van der Waals surface area contributed by atoms with Crippen molar-refractivity contribution >= 4 is 6.16 Å². The third-order valence-corrected chi connectivity index (χ3v) is 3.36. The zero-order valence-electron chi connectivity index (χ0n) is 13.1. The van der Waals surface area contributed by atoms with E-state index in [2.05, 4.69) is 28.2 Å². The Morgan fingerprint density at radius 3 is 1.05 bits per heavy atom. The minimum atomic E-state index is -2.33. The lowest BCUT2D eigenvalue weighted by Gasteiger charge is -2.33. The summed E-state index contributed by atoms with van der Waals surface area (Å²) in [5.41, 5.74) is 0. The Labute approximate surface area is 121 Å². The van der Waals surface area contributed by atoms with Crippen LogP contribution in [-0.2, 0) is 9.47 Å². The maximum Gasteiger partial charge on any atom is 0.102 e. The number of morpholine rings is 2. The molecule has 2 rings (SSSR count). The summed E-state index contributed by atoms with van der Waals surface area (Å²) in [5, 5.41) is 16.7. The van der Waals surface area contributed by atoms with Crippen molar-refractivity contribution in [1.82, 2.24) is 0 Å². The second-order valence-electron chi connectivity index (χ2n) is 6.24. The van der Waals surface area contributed by atoms with Gasteiger partial charge in [0.05, 0.1) is 54.6 Å². The number of rotatable bonds is 0. The lowest BCUT2D eigenvalue weighted by atomic mass is 10.4. The highest BCUT2D eigenvalue weighted by Gasteiger charge is 2.18. The van der Waals surface area contributed by atoms with Crippen LogP contribution in [0.4, 0.5) is 4.79 Å². The van der Waals surface area contributed by atoms with Gasteiger partial charge in [-0.25, -0.2) is 0 Å². The molecule has 2 fully saturated rings. The molecule has 0 bridgehead atoms. The molecule has 7 nitrogen and oxygen atoms in total. The van der Waals surface area contributed by atoms with Gasteiger partial charge in [0.2, 0.25) is 0 Å². The topological polar surface area (TPSA) is 81.7 Å². The van der Waals surface area contributed by atoms with Crippen molar-refractivity contribution in [3.63, 3.8) is 0 Å². The fraction of sp³-hybridized carbons (Fsp3) is 0.923. The SMILES string of the molecule is C[N+]1(C)CCOCC1.C[N+]1(C)CCOCC1.O=C([O-])[O-]. The highest BCUT2D eigenvalue weighted by molar-refractivity contribution is 5.47. The first-order valence-corrected chi connectivity index (χ1v) is 6.82. The maximum atomic E-state index is 8.33. The molecule has 120 valence electrons. The largest absolute Gasteiger partial charge is 0.652 e. The number of likely N-dealkylation sites (N-methyl/N-ethyl adjacent to an activating group) is 2. The lowest BCUT2D eigenvalue weighted by Crippen LogP contribution is -2.48. The first-order valence-electron chi connectivity index (χ1n) is 6.82. The Morgan fingerprint density at radius 2 is 0.950 bits per heavy atom. The van der Waals surface area contributed by atoms with E-state index in [0.717, 1.165) is 35.4 Å². The van der Waals surface area contributed by atoms with Gasteiger partial charge in [-0.05, 0) is 6.16 Å². The number of ether oxygens (including phenoxy) is 2. The fourth-order valence-electron chi connectivity index (χ4n) is 1.67. The van der Waals surface area contributed by atoms with Gasteiger partial charge < -0.3 is 33.4 Å². The van der Waals surface area contributed by atoms with Gasteiger partial charge in [0.25, 0.3) is 0 Å². The molecule has 2 aliphatic rings. The number of quaternary nitrogens is 2. The first-order chi connectivity index (χ1) is 9.15. The quantitative estimate of drug-likeness (QED) is 0.471. The van der Waals surface area contributed by atoms with Crippen LogP contribution in [0, 0.1) is 0 Å². The van der Waals surface area contributed by atoms with Crippen LogP contribution in [-0.4, -0.2) is 95.9 Å². The van der Waals surface area contributed by atoms with E-state index >= 15 is 0 Å². The van der Waals surface area contributed by atoms with Gasteiger partial charge >= 0.3 is 0 Å². The van der Waals surface area contributed by atoms with E-state index in [-0.39, 0.29) is 0 Å². The molecule has 20 heavy (non-hydrogen) atoms. The van der Waals surface area contributed by atoms with Crippen molar-refractivity contribution in [1.29, 1.82) is 0 Å². The number of carbonyl (C=O) groups excluding carboxylic acids is 1. The highest BCUT2D eigenvalue weighted by Crippen LogP contribution is 2.01. The van der Waals surface area contributed by atoms with E-state index in [9.17, 15) is 0 Å². The van der Waals surface area contributed by atoms with E-state index in [4.69, 9.17) is 24.5 Å². The van der Waals surface area contributed by atoms with Crippen molar-refractivity contribution in [2.24, 2.45) is 0 Å². The molecule has 0 unspecified atom stereocenters. The number of carboxylic acid groups (broad SMARTS) is 2. The van der Waals surface area contributed by atoms with Crippen LogP contribution in [0.15, 0.2) is 0 Å². The van der Waals surface area contributed by atoms with Crippen LogP contribution in [0.2, 0.25) is 0 Å². The average molecular weight is 292 g/mol. The predicted molar refractivity (Wildman–Crippen MR) is 70.7 cm³/mol. The maximum absolute atomic E-state index is 8.33. The second kappa shape index (κ2) is 9.12. The summed E-state index contributed by atoms with van der Waals surface area (Å²) in [6.45, 7) is 8.42. The second-order valence-corrected chi connectivity index (χ2v) is 6.24. The van der Waals surface area contributed by atoms with Crippen molar-refractivity contribution in [3.05, 3.63) is 0 Å². The Bertz CT molecular complexity index is 240. The number of hydrogen-bond donors (Lipinski definition) is 0. The van der Waals surface area contributed by atoms with Gasteiger partial charge in [-0.2, -0.15) is 0 Å². The Hall–Kier alpha value is -0.890. The molecule has 2 aliphatic heterocycles. The molecule has 0 saturated carbocycles. The third kappa shape index (κ3) is 12.2. The van der Waals surface area contributed by atoms with E-state index in [1.807, 2.05) is 0 Å². The van der Waals surface area contributed by atoms with Crippen molar-refractivity contribution in [2.75, 3.05) is 80.8 Å². The number of nitrogens with zero attached hydrogens (tertiary/aromatic N) is 2. The summed E-state index contributed by atoms with van der Waals surface area (Å²) in [4.78, 5) is 8.33. The van der Waals surface area contributed by atoms with Gasteiger partial charge in [-0.1, -0.05) is 0 Å². The fourth-order valence-corrected chi connectivity index (χ4v) is 1.67. The molecule has 2 heterocycles. The molecular formula is C13H28N2O5. The number of carbonyl (C=O) groups is 1. The molecule has 0 radical (unpaired) electrons. The zero-order valence-corrected chi connectivity index (χ0v) is 13.1. The molecule has 0 atom stereocenters. The summed E-state index contributed by atoms with van der Waals surface area (Å²) >= 11 is 0. The minimum Gasteiger partial charge on any atom is -0.652 e. The van der Waals surface area contributed by atoms with Gasteiger partial charge in [-0.3, -0.25) is 0 Å². The molecule has 0 aliphatic carbocycles. The summed E-state index contributed by atoms with van der Waals surface area (Å²) < 4.78 is 12.6. The molecular weight excluding hydrogens is 264 g/mol. The van der Waals surface area contributed by atoms with Gasteiger partial charge in [-0.15, -0.1) is 0 Å². The van der Waals surface area contributed by atoms with Crippen molar-refractivity contribution in [3.8, 4) is 0 Å². The third-order valence-electron chi connectivity index (χ3n) is 3.36. The Morgan fingerprint density at radius 1 is 0.750 bits per heavy atom. The normalized spacial score (nSPS) is 23.4. The lowest BCUT2D eigenvalue weighted by molar-refractivity contribution is -0.898. The molecule has 0 amide bonds. The van der Waals surface area contributed by atoms with Crippen LogP contribution in [0.3, 0.4) is 0 Å². The van der Waals surface area contributed by atoms with Gasteiger partial charge in [0.1, 0.15) is 26.2 Å². The Balaban J connectivity index is 0.000000289. The van der Waals surface area contributed by atoms with Crippen molar-refractivity contribution in [2.45, 2.75) is 0 Å². The van der Waals surface area contributed by atoms with E-state index in [0.29, 0.717) is 0 Å². The van der Waals surface area contributed by atoms with Crippen LogP contribution in [0.5, 0.6) is 0 Å². The standard InChI is InChI=1S/2C6H14NO.CH2O3/c2*1-7(2)3-5-8-6-4-7;2-1(3)4/h2*3-6H2,1-2H3;(H2,2,3,4)/q2*+1;/p-2. The average Bonchev–Trinajstić information content (AvgIpc) is 2.28. The predicted octanol–water partition coefficient (Wildman–Crippen LogP) is -2.26. The molecule has 0 aromatic heterocycles. The summed E-state index contributed by atoms with van der Waals surface area (Å²) in [6.07, 6.45) is -2.33. The van der Waals surface area contributed by atoms with Crippen molar-refractivity contribution < 1.29 is 33.4 Å². The number of hydrogen-bond acceptors (Lipinski definition) is 5. The minimum absolute atomic E-state index is 0.938. The van der Waals surface area contributed by atoms with Gasteiger partial charge in [0, 0.05) is 0 Å². The van der Waals surface area contributed by atoms with Gasteiger partial charge in [0.15, 0.2) is 0 Å². The summed E-state index contributed by atoms with van der Waals surface area (Å²) in [7, 11) is 8.95. The molecule has 0 aromatic carbocycles. The van der Waals surface area contributed by atoms with E-state index in [1.54, 1.807) is 0 Å². The smallest absolute Gasteiger partial charge is 0.102 e. The van der Waals surface area contributed by atoms with E-state index in [1.165, 1.54) is 26.2 Å². The Kier molecular flexibility index (Phi) is 8.71. The summed E-state index contributed by atoms with van der Waals surface area (Å²) in [5.74, 6) is 0. The van der Waals surface area contributed by atoms with Crippen LogP contribution in [0.1, 0.15) is 0 Å². The molecule has 7 heteroatoms. The molecule has 0 aromatic rings. The van der Waals surface area contributed by atoms with Crippen LogP contribution >= 0.6 is 0 Å². The van der Waals surface area contributed by atoms with E-state index < -0.39 is 6.16 Å². The first kappa shape index (κ1) is 19.1. The zero-order chi connectivity index (χ0) is 15.6. The highest BCUT2D eigenvalue weighted by atomic mass is 16.6. The molecule has 0 N–H and O–H groups in total. The monoisotopic (exact) mass is 292 g/mol. The van der Waals surface area contributed by atoms with Crippen LogP contribution < -0.4 is 10.2 Å². The molecule has 2 saturated heterocycles. The summed E-state index contributed by atoms with van der Waals surface area (Å²) in [6, 6.07) is 0. The van der Waals surface area contributed by atoms with Crippen LogP contribution in [0.25, 0.3) is 0 Å². The molecule has 0 spiro atoms.